The summed E-state index contributed by atoms with van der Waals surface area (Å²) in [7, 11) is 0. The van der Waals surface area contributed by atoms with E-state index in [0.717, 1.165) is 11.4 Å². The molecule has 12 heavy (non-hydrogen) atoms. The number of nitrogens with zero attached hydrogens (tertiary/aromatic N) is 1. The van der Waals surface area contributed by atoms with Gasteiger partial charge in [0.15, 0.2) is 5.62 Å². The van der Waals surface area contributed by atoms with Crippen molar-refractivity contribution in [3.8, 4) is 0 Å². The van der Waals surface area contributed by atoms with Crippen LogP contribution in [0.3, 0.4) is 0 Å². The lowest BCUT2D eigenvalue weighted by molar-refractivity contribution is 0.636. The zero-order chi connectivity index (χ0) is 8.55. The van der Waals surface area contributed by atoms with E-state index in [1.165, 1.54) is 0 Å². The van der Waals surface area contributed by atoms with Gasteiger partial charge in [-0.3, -0.25) is 5.32 Å². The summed E-state index contributed by atoms with van der Waals surface area (Å²) in [5, 5.41) is 5.86. The molecule has 1 aromatic heterocycles. The molecule has 0 aliphatic carbocycles. The van der Waals surface area contributed by atoms with Crippen molar-refractivity contribution >= 4 is 29.0 Å². The molecule has 0 amide bonds. The average Bonchev–Trinajstić information content (AvgIpc) is 2.04. The van der Waals surface area contributed by atoms with E-state index in [2.05, 4.69) is 15.6 Å². The van der Waals surface area contributed by atoms with Gasteiger partial charge in [0.1, 0.15) is 11.3 Å². The van der Waals surface area contributed by atoms with Gasteiger partial charge in [0, 0.05) is 11.8 Å². The molecule has 0 radical (unpaired) electrons. The molecule has 0 saturated carbocycles. The average molecular weight is 204 g/mol. The lowest BCUT2D eigenvalue weighted by Crippen LogP contribution is -2.37. The topological polar surface area (TPSA) is 37.0 Å². The maximum absolute atomic E-state index is 5.97. The van der Waals surface area contributed by atoms with Crippen LogP contribution in [0.25, 0.3) is 0 Å². The molecule has 2 atom stereocenters. The number of pyridine rings is 1. The number of aromatic nitrogens is 1. The molecule has 1 aromatic rings. The molecule has 0 fully saturated rings. The molecule has 0 bridgehead atoms. The van der Waals surface area contributed by atoms with Crippen molar-refractivity contribution < 1.29 is 0 Å². The Kier molecular flexibility index (Phi) is 2.09. The van der Waals surface area contributed by atoms with Crippen molar-refractivity contribution in [2.45, 2.75) is 11.1 Å². The van der Waals surface area contributed by atoms with Crippen molar-refractivity contribution in [3.05, 3.63) is 23.9 Å². The van der Waals surface area contributed by atoms with Crippen molar-refractivity contribution in [3.63, 3.8) is 0 Å². The molecule has 1 aliphatic heterocycles. The Morgan fingerprint density at radius 2 is 2.25 bits per heavy atom. The number of alkyl halides is 2. The van der Waals surface area contributed by atoms with Crippen molar-refractivity contribution in [1.82, 2.24) is 10.3 Å². The van der Waals surface area contributed by atoms with Gasteiger partial charge < -0.3 is 5.32 Å². The van der Waals surface area contributed by atoms with Gasteiger partial charge in [-0.25, -0.2) is 4.98 Å². The second-order valence-electron chi connectivity index (χ2n) is 2.48. The number of hydrogen-bond acceptors (Lipinski definition) is 3. The standard InChI is InChI=1S/C7H7Cl2N3/c8-5-4-2-1-3-10-6(4)12-7(9)11-5/h1-3,5,7,11H,(H,10,12). The number of nitrogens with one attached hydrogen (secondary N) is 2. The van der Waals surface area contributed by atoms with Crippen molar-refractivity contribution in [1.29, 1.82) is 0 Å². The maximum atomic E-state index is 5.97. The van der Waals surface area contributed by atoms with E-state index in [9.17, 15) is 0 Å². The van der Waals surface area contributed by atoms with Crippen LogP contribution in [0.5, 0.6) is 0 Å². The van der Waals surface area contributed by atoms with Crippen LogP contribution in [0.4, 0.5) is 5.82 Å². The van der Waals surface area contributed by atoms with Crippen LogP contribution in [0.15, 0.2) is 18.3 Å². The lowest BCUT2D eigenvalue weighted by Gasteiger charge is -2.26. The summed E-state index contributed by atoms with van der Waals surface area (Å²) in [6.45, 7) is 0. The minimum absolute atomic E-state index is 0.266. The van der Waals surface area contributed by atoms with E-state index in [1.54, 1.807) is 6.20 Å². The van der Waals surface area contributed by atoms with Crippen LogP contribution < -0.4 is 10.6 Å². The van der Waals surface area contributed by atoms with Crippen molar-refractivity contribution in [2.24, 2.45) is 0 Å². The second-order valence-corrected chi connectivity index (χ2v) is 3.35. The molecular weight excluding hydrogens is 197 g/mol. The second kappa shape index (κ2) is 3.09. The normalized spacial score (nSPS) is 27.5. The van der Waals surface area contributed by atoms with E-state index in [4.69, 9.17) is 23.2 Å². The van der Waals surface area contributed by atoms with Crippen LogP contribution in [-0.2, 0) is 0 Å². The number of hydrogen-bond donors (Lipinski definition) is 2. The Morgan fingerprint density at radius 3 is 3.08 bits per heavy atom. The highest BCUT2D eigenvalue weighted by atomic mass is 35.5. The third-order valence-electron chi connectivity index (χ3n) is 1.67. The third kappa shape index (κ3) is 1.35. The molecule has 0 saturated heterocycles. The Bertz CT molecular complexity index is 292. The first-order chi connectivity index (χ1) is 5.77. The fourth-order valence-corrected chi connectivity index (χ4v) is 1.72. The van der Waals surface area contributed by atoms with Gasteiger partial charge >= 0.3 is 0 Å². The molecule has 2 N–H and O–H groups in total. The maximum Gasteiger partial charge on any atom is 0.157 e. The van der Waals surface area contributed by atoms with Crippen molar-refractivity contribution in [2.75, 3.05) is 5.32 Å². The highest BCUT2D eigenvalue weighted by Crippen LogP contribution is 2.28. The Balaban J connectivity index is 2.40. The van der Waals surface area contributed by atoms with Gasteiger partial charge in [0.25, 0.3) is 0 Å². The molecule has 0 spiro atoms. The van der Waals surface area contributed by atoms with E-state index in [0.29, 0.717) is 0 Å². The molecule has 2 heterocycles. The predicted molar refractivity (Wildman–Crippen MR) is 49.2 cm³/mol. The number of rotatable bonds is 0. The van der Waals surface area contributed by atoms with Gasteiger partial charge in [-0.05, 0) is 6.07 Å². The fourth-order valence-electron chi connectivity index (χ4n) is 1.12. The number of anilines is 1. The lowest BCUT2D eigenvalue weighted by atomic mass is 10.2. The monoisotopic (exact) mass is 203 g/mol. The molecule has 64 valence electrons. The third-order valence-corrected chi connectivity index (χ3v) is 2.26. The molecule has 5 heteroatoms. The Labute approximate surface area is 80.1 Å². The minimum atomic E-state index is -0.352. The van der Waals surface area contributed by atoms with Gasteiger partial charge in [-0.15, -0.1) is 11.6 Å². The Hall–Kier alpha value is -0.510. The predicted octanol–water partition coefficient (Wildman–Crippen LogP) is 1.86. The molecule has 2 rings (SSSR count). The molecule has 1 aliphatic rings. The first kappa shape index (κ1) is 8.10. The van der Waals surface area contributed by atoms with E-state index >= 15 is 0 Å². The van der Waals surface area contributed by atoms with E-state index < -0.39 is 0 Å². The molecule has 0 aromatic carbocycles. The molecule has 2 unspecified atom stereocenters. The van der Waals surface area contributed by atoms with Gasteiger partial charge in [0.05, 0.1) is 0 Å². The summed E-state index contributed by atoms with van der Waals surface area (Å²) in [4.78, 5) is 4.10. The highest BCUT2D eigenvalue weighted by molar-refractivity contribution is 6.24. The van der Waals surface area contributed by atoms with Crippen LogP contribution in [0.2, 0.25) is 0 Å². The van der Waals surface area contributed by atoms with Gasteiger partial charge in [0.2, 0.25) is 0 Å². The van der Waals surface area contributed by atoms with Gasteiger partial charge in [-0.2, -0.15) is 0 Å². The minimum Gasteiger partial charge on any atom is -0.342 e. The van der Waals surface area contributed by atoms with Crippen LogP contribution in [0, 0.1) is 0 Å². The SMILES string of the molecule is ClC1Nc2ncccc2C(Cl)N1. The zero-order valence-electron chi connectivity index (χ0n) is 6.09. The summed E-state index contributed by atoms with van der Waals surface area (Å²) in [5.74, 6) is 0.747. The highest BCUT2D eigenvalue weighted by Gasteiger charge is 2.22. The van der Waals surface area contributed by atoms with Gasteiger partial charge in [-0.1, -0.05) is 17.7 Å². The van der Waals surface area contributed by atoms with Crippen LogP contribution in [0.1, 0.15) is 11.1 Å². The van der Waals surface area contributed by atoms with E-state index in [1.807, 2.05) is 12.1 Å². The smallest absolute Gasteiger partial charge is 0.157 e. The van der Waals surface area contributed by atoms with E-state index in [-0.39, 0.29) is 11.1 Å². The first-order valence-corrected chi connectivity index (χ1v) is 4.40. The summed E-state index contributed by atoms with van der Waals surface area (Å²) < 4.78 is 0. The summed E-state index contributed by atoms with van der Waals surface area (Å²) in [5.41, 5.74) is 0.309. The first-order valence-electron chi connectivity index (χ1n) is 3.53. The number of fused-ring (bicyclic) bond motifs is 1. The Morgan fingerprint density at radius 1 is 1.42 bits per heavy atom. The largest absolute Gasteiger partial charge is 0.342 e. The van der Waals surface area contributed by atoms with Crippen LogP contribution >= 0.6 is 23.2 Å². The van der Waals surface area contributed by atoms with Crippen LogP contribution in [-0.4, -0.2) is 10.6 Å². The zero-order valence-corrected chi connectivity index (χ0v) is 7.60. The number of halogens is 2. The fraction of sp³-hybridized carbons (Fsp3) is 0.286. The summed E-state index contributed by atoms with van der Waals surface area (Å²) in [6, 6.07) is 3.74. The molecule has 3 nitrogen and oxygen atoms in total. The molecular formula is C7H7Cl2N3. The quantitative estimate of drug-likeness (QED) is 0.500. The summed E-state index contributed by atoms with van der Waals surface area (Å²) in [6.07, 6.45) is 1.70. The summed E-state index contributed by atoms with van der Waals surface area (Å²) >= 11 is 11.8.